The van der Waals surface area contributed by atoms with Gasteiger partial charge in [0.25, 0.3) is 5.69 Å². The number of nitro benzene ring substituents is 1. The molecular formula is C24H18N2O5S. The monoisotopic (exact) mass is 446 g/mol. The van der Waals surface area contributed by atoms with Crippen molar-refractivity contribution in [1.29, 1.82) is 0 Å². The van der Waals surface area contributed by atoms with Gasteiger partial charge in [0, 0.05) is 23.9 Å². The highest BCUT2D eigenvalue weighted by atomic mass is 32.2. The fourth-order valence-electron chi connectivity index (χ4n) is 3.15. The van der Waals surface area contributed by atoms with Gasteiger partial charge in [-0.15, -0.1) is 0 Å². The second-order valence-electron chi connectivity index (χ2n) is 7.08. The Bertz CT molecular complexity index is 1430. The van der Waals surface area contributed by atoms with E-state index >= 15 is 0 Å². The van der Waals surface area contributed by atoms with Crippen molar-refractivity contribution in [3.05, 3.63) is 106 Å². The molecule has 32 heavy (non-hydrogen) atoms. The summed E-state index contributed by atoms with van der Waals surface area (Å²) >= 11 is 0. The van der Waals surface area contributed by atoms with Crippen molar-refractivity contribution in [1.82, 2.24) is 0 Å². The highest BCUT2D eigenvalue weighted by molar-refractivity contribution is 7.87. The van der Waals surface area contributed by atoms with Crippen molar-refractivity contribution in [2.45, 2.75) is 11.8 Å². The fraction of sp³-hybridized carbons (Fsp3) is 0.0417. The van der Waals surface area contributed by atoms with Crippen LogP contribution in [0.2, 0.25) is 0 Å². The second kappa shape index (κ2) is 8.60. The Balaban J connectivity index is 1.75. The van der Waals surface area contributed by atoms with Gasteiger partial charge in [0.1, 0.15) is 4.90 Å². The lowest BCUT2D eigenvalue weighted by atomic mass is 10.0. The maximum Gasteiger partial charge on any atom is 0.339 e. The van der Waals surface area contributed by atoms with Crippen LogP contribution >= 0.6 is 0 Å². The third-order valence-corrected chi connectivity index (χ3v) is 6.09. The molecule has 0 fully saturated rings. The molecule has 0 bridgehead atoms. The molecule has 0 saturated heterocycles. The molecule has 160 valence electrons. The van der Waals surface area contributed by atoms with Gasteiger partial charge < -0.3 is 4.18 Å². The summed E-state index contributed by atoms with van der Waals surface area (Å²) in [6.45, 7) is 1.98. The smallest absolute Gasteiger partial charge is 0.339 e. The average molecular weight is 446 g/mol. The number of non-ortho nitro benzene ring substituents is 1. The molecule has 0 unspecified atom stereocenters. The van der Waals surface area contributed by atoms with Crippen molar-refractivity contribution >= 4 is 38.5 Å². The first-order valence-electron chi connectivity index (χ1n) is 9.65. The van der Waals surface area contributed by atoms with Gasteiger partial charge >= 0.3 is 10.1 Å². The summed E-state index contributed by atoms with van der Waals surface area (Å²) in [5, 5.41) is 12.5. The van der Waals surface area contributed by atoms with Gasteiger partial charge in [-0.1, -0.05) is 48.0 Å². The first-order valence-corrected chi connectivity index (χ1v) is 11.1. The van der Waals surface area contributed by atoms with E-state index in [2.05, 4.69) is 4.99 Å². The van der Waals surface area contributed by atoms with Gasteiger partial charge in [0.2, 0.25) is 0 Å². The van der Waals surface area contributed by atoms with E-state index < -0.39 is 15.0 Å². The van der Waals surface area contributed by atoms with Crippen LogP contribution in [0.3, 0.4) is 0 Å². The van der Waals surface area contributed by atoms with E-state index in [1.54, 1.807) is 18.3 Å². The third kappa shape index (κ3) is 4.50. The molecule has 0 radical (unpaired) electrons. The summed E-state index contributed by atoms with van der Waals surface area (Å²) in [7, 11) is -4.22. The molecule has 0 aliphatic carbocycles. The van der Waals surface area contributed by atoms with E-state index in [9.17, 15) is 18.5 Å². The van der Waals surface area contributed by atoms with Crippen LogP contribution in [0.1, 0.15) is 11.1 Å². The molecule has 0 spiro atoms. The zero-order valence-electron chi connectivity index (χ0n) is 17.0. The maximum absolute atomic E-state index is 12.8. The molecule has 4 aromatic carbocycles. The third-order valence-electron chi connectivity index (χ3n) is 4.84. The summed E-state index contributed by atoms with van der Waals surface area (Å²) in [5.41, 5.74) is 2.12. The normalized spacial score (nSPS) is 11.7. The Kier molecular flexibility index (Phi) is 5.70. The van der Waals surface area contributed by atoms with E-state index in [1.807, 2.05) is 55.5 Å². The predicted molar refractivity (Wildman–Crippen MR) is 123 cm³/mol. The average Bonchev–Trinajstić information content (AvgIpc) is 2.79. The van der Waals surface area contributed by atoms with E-state index in [0.717, 1.165) is 40.6 Å². The first kappa shape index (κ1) is 21.2. The van der Waals surface area contributed by atoms with Gasteiger partial charge in [0.15, 0.2) is 5.75 Å². The van der Waals surface area contributed by atoms with Gasteiger partial charge in [-0.25, -0.2) is 0 Å². The van der Waals surface area contributed by atoms with Crippen molar-refractivity contribution in [3.8, 4) is 5.75 Å². The van der Waals surface area contributed by atoms with E-state index in [-0.39, 0.29) is 16.3 Å². The van der Waals surface area contributed by atoms with Crippen LogP contribution in [0.5, 0.6) is 5.75 Å². The number of hydrogen-bond donors (Lipinski definition) is 0. The van der Waals surface area contributed by atoms with Gasteiger partial charge in [0.05, 0.1) is 10.6 Å². The molecule has 0 heterocycles. The van der Waals surface area contributed by atoms with E-state index in [0.29, 0.717) is 11.3 Å². The topological polar surface area (TPSA) is 98.9 Å². The van der Waals surface area contributed by atoms with Crippen LogP contribution < -0.4 is 4.18 Å². The molecule has 0 amide bonds. The van der Waals surface area contributed by atoms with Crippen LogP contribution in [0.4, 0.5) is 11.4 Å². The number of hydrogen-bond acceptors (Lipinski definition) is 6. The Labute approximate surface area is 184 Å². The largest absolute Gasteiger partial charge is 0.378 e. The van der Waals surface area contributed by atoms with Gasteiger partial charge in [-0.3, -0.25) is 15.1 Å². The fourth-order valence-corrected chi connectivity index (χ4v) is 4.10. The van der Waals surface area contributed by atoms with Crippen molar-refractivity contribution in [3.63, 3.8) is 0 Å². The summed E-state index contributed by atoms with van der Waals surface area (Å²) in [6.07, 6.45) is 1.58. The Morgan fingerprint density at radius 3 is 2.28 bits per heavy atom. The molecule has 7 nitrogen and oxygen atoms in total. The minimum atomic E-state index is -4.22. The number of fused-ring (bicyclic) bond motifs is 1. The van der Waals surface area contributed by atoms with Gasteiger partial charge in [-0.2, -0.15) is 8.42 Å². The second-order valence-corrected chi connectivity index (χ2v) is 8.63. The molecule has 8 heteroatoms. The number of nitro groups is 1. The lowest BCUT2D eigenvalue weighted by Crippen LogP contribution is -2.11. The highest BCUT2D eigenvalue weighted by Crippen LogP contribution is 2.30. The van der Waals surface area contributed by atoms with Crippen LogP contribution in [-0.4, -0.2) is 19.6 Å². The van der Waals surface area contributed by atoms with E-state index in [1.165, 1.54) is 0 Å². The SMILES string of the molecule is Cc1ccc(N=Cc2c(OS(=O)(=O)c3ccc([N+](=O)[O-])cc3)ccc3ccccc23)cc1. The molecular weight excluding hydrogens is 428 g/mol. The molecule has 4 aromatic rings. The number of aliphatic imine (C=N–C) groups is 1. The molecule has 0 aromatic heterocycles. The lowest BCUT2D eigenvalue weighted by molar-refractivity contribution is -0.384. The Morgan fingerprint density at radius 1 is 0.906 bits per heavy atom. The number of rotatable bonds is 6. The zero-order chi connectivity index (χ0) is 22.7. The van der Waals surface area contributed by atoms with Crippen LogP contribution in [0, 0.1) is 17.0 Å². The lowest BCUT2D eigenvalue weighted by Gasteiger charge is -2.12. The quantitative estimate of drug-likeness (QED) is 0.167. The van der Waals surface area contributed by atoms with Crippen molar-refractivity contribution in [2.75, 3.05) is 0 Å². The van der Waals surface area contributed by atoms with Crippen molar-refractivity contribution in [2.24, 2.45) is 4.99 Å². The van der Waals surface area contributed by atoms with Crippen LogP contribution in [-0.2, 0) is 10.1 Å². The molecule has 4 rings (SSSR count). The first-order chi connectivity index (χ1) is 15.3. The molecule has 0 aliphatic rings. The molecule has 0 saturated carbocycles. The van der Waals surface area contributed by atoms with Crippen LogP contribution in [0.25, 0.3) is 10.8 Å². The Morgan fingerprint density at radius 2 is 1.59 bits per heavy atom. The summed E-state index contributed by atoms with van der Waals surface area (Å²) in [4.78, 5) is 14.5. The maximum atomic E-state index is 12.8. The summed E-state index contributed by atoms with van der Waals surface area (Å²) in [5.74, 6) is 0.109. The van der Waals surface area contributed by atoms with Gasteiger partial charge in [-0.05, 0) is 48.0 Å². The molecule has 0 aliphatic heterocycles. The zero-order valence-corrected chi connectivity index (χ0v) is 17.8. The summed E-state index contributed by atoms with van der Waals surface area (Å²) < 4.78 is 31.1. The number of aryl methyl sites for hydroxylation is 1. The van der Waals surface area contributed by atoms with Crippen LogP contribution in [0.15, 0.2) is 94.8 Å². The highest BCUT2D eigenvalue weighted by Gasteiger charge is 2.20. The number of benzene rings is 4. The minimum Gasteiger partial charge on any atom is -0.378 e. The minimum absolute atomic E-state index is 0.109. The van der Waals surface area contributed by atoms with E-state index in [4.69, 9.17) is 4.18 Å². The molecule has 0 atom stereocenters. The number of nitrogens with zero attached hydrogens (tertiary/aromatic N) is 2. The van der Waals surface area contributed by atoms with Crippen molar-refractivity contribution < 1.29 is 17.5 Å². The predicted octanol–water partition coefficient (Wildman–Crippen LogP) is 5.57. The Hall–Kier alpha value is -4.04. The summed E-state index contributed by atoms with van der Waals surface area (Å²) in [6, 6.07) is 23.0. The standard InChI is InChI=1S/C24H18N2O5S/c1-17-6-9-19(10-7-17)25-16-23-22-5-3-2-4-18(22)8-15-24(23)31-32(29,30)21-13-11-20(12-14-21)26(27)28/h2-16H,1H3. The molecule has 0 N–H and O–H groups in total.